The van der Waals surface area contributed by atoms with Crippen LogP contribution in [0.1, 0.15) is 19.3 Å². The van der Waals surface area contributed by atoms with Gasteiger partial charge < -0.3 is 15.4 Å². The maximum atomic E-state index is 12.1. The van der Waals surface area contributed by atoms with E-state index in [1.165, 1.54) is 0 Å². The van der Waals surface area contributed by atoms with E-state index in [4.69, 9.17) is 16.3 Å². The number of nitrogens with one attached hydrogen (secondary N) is 2. The lowest BCUT2D eigenvalue weighted by atomic mass is 10.1. The highest BCUT2D eigenvalue weighted by Crippen LogP contribution is 2.28. The van der Waals surface area contributed by atoms with Crippen LogP contribution in [0, 0.1) is 0 Å². The number of sulfone groups is 1. The molecule has 1 aromatic carbocycles. The minimum absolute atomic E-state index is 0.0213. The first-order chi connectivity index (χ1) is 10.8. The molecule has 0 radical (unpaired) electrons. The Morgan fingerprint density at radius 2 is 2.26 bits per heavy atom. The molecule has 1 aliphatic rings. The van der Waals surface area contributed by atoms with Crippen molar-refractivity contribution in [3.63, 3.8) is 0 Å². The molecule has 1 aliphatic heterocycles. The van der Waals surface area contributed by atoms with Crippen LogP contribution in [0.3, 0.4) is 0 Å². The standard InChI is InChI=1S/C15H21ClN2O4S/c1-23(20,21)8-7-22-14-5-4-11(16)9-13(14)18-15(19)10-12-3-2-6-17-12/h4-5,9,12,17H,2-3,6-8,10H2,1H3,(H,18,19). The van der Waals surface area contributed by atoms with E-state index in [1.807, 2.05) is 0 Å². The second-order valence-electron chi connectivity index (χ2n) is 5.66. The molecule has 1 atom stereocenters. The van der Waals surface area contributed by atoms with E-state index in [-0.39, 0.29) is 24.3 Å². The zero-order valence-electron chi connectivity index (χ0n) is 13.0. The fraction of sp³-hybridized carbons (Fsp3) is 0.533. The lowest BCUT2D eigenvalue weighted by molar-refractivity contribution is -0.116. The first-order valence-electron chi connectivity index (χ1n) is 7.47. The van der Waals surface area contributed by atoms with Crippen LogP contribution in [-0.2, 0) is 14.6 Å². The SMILES string of the molecule is CS(=O)(=O)CCOc1ccc(Cl)cc1NC(=O)CC1CCCN1. The summed E-state index contributed by atoms with van der Waals surface area (Å²) in [6.45, 7) is 0.961. The number of hydrogen-bond acceptors (Lipinski definition) is 5. The quantitative estimate of drug-likeness (QED) is 0.775. The van der Waals surface area contributed by atoms with E-state index < -0.39 is 9.84 Å². The summed E-state index contributed by atoms with van der Waals surface area (Å²) in [6.07, 6.45) is 3.60. The number of amides is 1. The highest BCUT2D eigenvalue weighted by molar-refractivity contribution is 7.90. The van der Waals surface area contributed by atoms with Crippen molar-refractivity contribution in [2.24, 2.45) is 0 Å². The Morgan fingerprint density at radius 3 is 2.91 bits per heavy atom. The molecule has 2 rings (SSSR count). The summed E-state index contributed by atoms with van der Waals surface area (Å²) >= 11 is 5.96. The molecule has 0 bridgehead atoms. The van der Waals surface area contributed by atoms with E-state index in [9.17, 15) is 13.2 Å². The zero-order chi connectivity index (χ0) is 16.9. The van der Waals surface area contributed by atoms with Crippen molar-refractivity contribution in [2.75, 3.05) is 30.5 Å². The van der Waals surface area contributed by atoms with Gasteiger partial charge in [0.05, 0.1) is 11.4 Å². The van der Waals surface area contributed by atoms with Crippen LogP contribution in [-0.4, -0.2) is 45.5 Å². The smallest absolute Gasteiger partial charge is 0.226 e. The van der Waals surface area contributed by atoms with Crippen molar-refractivity contribution in [3.05, 3.63) is 23.2 Å². The van der Waals surface area contributed by atoms with Gasteiger partial charge in [-0.15, -0.1) is 0 Å². The van der Waals surface area contributed by atoms with Gasteiger partial charge in [-0.2, -0.15) is 0 Å². The molecule has 0 aromatic heterocycles. The van der Waals surface area contributed by atoms with Crippen LogP contribution in [0.4, 0.5) is 5.69 Å². The molecule has 0 saturated carbocycles. The van der Waals surface area contributed by atoms with Gasteiger partial charge in [-0.3, -0.25) is 4.79 Å². The zero-order valence-corrected chi connectivity index (χ0v) is 14.5. The van der Waals surface area contributed by atoms with Gasteiger partial charge in [-0.05, 0) is 37.6 Å². The van der Waals surface area contributed by atoms with Crippen LogP contribution < -0.4 is 15.4 Å². The summed E-state index contributed by atoms with van der Waals surface area (Å²) < 4.78 is 27.8. The predicted molar refractivity (Wildman–Crippen MR) is 90.9 cm³/mol. The molecule has 2 N–H and O–H groups in total. The highest BCUT2D eigenvalue weighted by Gasteiger charge is 2.18. The van der Waals surface area contributed by atoms with Gasteiger partial charge in [-0.1, -0.05) is 11.6 Å². The van der Waals surface area contributed by atoms with Gasteiger partial charge in [0, 0.05) is 23.7 Å². The maximum Gasteiger partial charge on any atom is 0.226 e. The van der Waals surface area contributed by atoms with Crippen molar-refractivity contribution >= 4 is 33.0 Å². The summed E-state index contributed by atoms with van der Waals surface area (Å²) in [5.41, 5.74) is 0.453. The van der Waals surface area contributed by atoms with Crippen molar-refractivity contribution in [1.82, 2.24) is 5.32 Å². The van der Waals surface area contributed by atoms with Gasteiger partial charge in [0.2, 0.25) is 5.91 Å². The number of ether oxygens (including phenoxy) is 1. The van der Waals surface area contributed by atoms with Crippen molar-refractivity contribution in [1.29, 1.82) is 0 Å². The van der Waals surface area contributed by atoms with Gasteiger partial charge in [-0.25, -0.2) is 8.42 Å². The number of hydrogen-bond donors (Lipinski definition) is 2. The number of benzene rings is 1. The van der Waals surface area contributed by atoms with Crippen molar-refractivity contribution in [2.45, 2.75) is 25.3 Å². The van der Waals surface area contributed by atoms with Crippen LogP contribution in [0.25, 0.3) is 0 Å². The van der Waals surface area contributed by atoms with Crippen LogP contribution in [0.5, 0.6) is 5.75 Å². The molecule has 1 saturated heterocycles. The first-order valence-corrected chi connectivity index (χ1v) is 9.90. The second kappa shape index (κ2) is 7.99. The Bertz CT molecular complexity index is 657. The molecule has 1 amide bonds. The third kappa shape index (κ3) is 6.37. The van der Waals surface area contributed by atoms with E-state index in [2.05, 4.69) is 10.6 Å². The highest BCUT2D eigenvalue weighted by atomic mass is 35.5. The van der Waals surface area contributed by atoms with E-state index in [0.29, 0.717) is 22.9 Å². The third-order valence-electron chi connectivity index (χ3n) is 3.52. The lowest BCUT2D eigenvalue weighted by Gasteiger charge is -2.14. The van der Waals surface area contributed by atoms with E-state index in [1.54, 1.807) is 18.2 Å². The third-order valence-corrected chi connectivity index (χ3v) is 4.66. The molecule has 0 spiro atoms. The molecule has 1 unspecified atom stereocenters. The molecule has 1 heterocycles. The molecule has 0 aliphatic carbocycles. The number of carbonyl (C=O) groups is 1. The summed E-state index contributed by atoms with van der Waals surface area (Å²) in [6, 6.07) is 5.04. The topological polar surface area (TPSA) is 84.5 Å². The monoisotopic (exact) mass is 360 g/mol. The largest absolute Gasteiger partial charge is 0.490 e. The Labute approximate surface area is 141 Å². The lowest BCUT2D eigenvalue weighted by Crippen LogP contribution is -2.27. The molecule has 128 valence electrons. The Kier molecular flexibility index (Phi) is 6.26. The fourth-order valence-corrected chi connectivity index (χ4v) is 2.94. The van der Waals surface area contributed by atoms with E-state index in [0.717, 1.165) is 25.6 Å². The molecular weight excluding hydrogens is 340 g/mol. The van der Waals surface area contributed by atoms with Gasteiger partial charge >= 0.3 is 0 Å². The summed E-state index contributed by atoms with van der Waals surface area (Å²) in [5.74, 6) is 0.195. The van der Waals surface area contributed by atoms with Crippen LogP contribution in [0.15, 0.2) is 18.2 Å². The molecule has 1 aromatic rings. The Balaban J connectivity index is 1.98. The summed E-state index contributed by atoms with van der Waals surface area (Å²) in [7, 11) is -3.10. The van der Waals surface area contributed by atoms with Crippen LogP contribution in [0.2, 0.25) is 5.02 Å². The Hall–Kier alpha value is -1.31. The van der Waals surface area contributed by atoms with Crippen molar-refractivity contribution < 1.29 is 17.9 Å². The fourth-order valence-electron chi connectivity index (χ4n) is 2.38. The average molecular weight is 361 g/mol. The first kappa shape index (κ1) is 18.0. The molecule has 8 heteroatoms. The number of anilines is 1. The van der Waals surface area contributed by atoms with Crippen LogP contribution >= 0.6 is 11.6 Å². The number of rotatable bonds is 7. The predicted octanol–water partition coefficient (Wildman–Crippen LogP) is 1.84. The number of halogens is 1. The average Bonchev–Trinajstić information content (AvgIpc) is 2.92. The van der Waals surface area contributed by atoms with Gasteiger partial charge in [0.15, 0.2) is 9.84 Å². The minimum atomic E-state index is -3.10. The number of carbonyl (C=O) groups excluding carboxylic acids is 1. The molecule has 1 fully saturated rings. The normalized spacial score (nSPS) is 17.9. The van der Waals surface area contributed by atoms with Crippen molar-refractivity contribution in [3.8, 4) is 5.75 Å². The van der Waals surface area contributed by atoms with Gasteiger partial charge in [0.25, 0.3) is 0 Å². The molecule has 23 heavy (non-hydrogen) atoms. The molecule has 6 nitrogen and oxygen atoms in total. The van der Waals surface area contributed by atoms with E-state index >= 15 is 0 Å². The maximum absolute atomic E-state index is 12.1. The summed E-state index contributed by atoms with van der Waals surface area (Å²) in [5, 5.41) is 6.52. The van der Waals surface area contributed by atoms with Gasteiger partial charge in [0.1, 0.15) is 12.4 Å². The molecular formula is C15H21ClN2O4S. The Morgan fingerprint density at radius 1 is 1.48 bits per heavy atom. The minimum Gasteiger partial charge on any atom is -0.490 e. The second-order valence-corrected chi connectivity index (χ2v) is 8.36. The summed E-state index contributed by atoms with van der Waals surface area (Å²) in [4.78, 5) is 12.1.